The fourth-order valence-corrected chi connectivity index (χ4v) is 3.17. The van der Waals surface area contributed by atoms with Gasteiger partial charge in [-0.15, -0.1) is 0 Å². The Labute approximate surface area is 114 Å². The lowest BCUT2D eigenvalue weighted by molar-refractivity contribution is 0.262. The Bertz CT molecular complexity index is 350. The number of aryl methyl sites for hydroxylation is 2. The summed E-state index contributed by atoms with van der Waals surface area (Å²) in [5.41, 5.74) is 2.92. The van der Waals surface area contributed by atoms with Crippen LogP contribution in [0.25, 0.3) is 0 Å². The van der Waals surface area contributed by atoms with Crippen molar-refractivity contribution in [3.63, 3.8) is 0 Å². The van der Waals surface area contributed by atoms with Gasteiger partial charge in [-0.2, -0.15) is 5.10 Å². The van der Waals surface area contributed by atoms with E-state index in [1.165, 1.54) is 11.4 Å². The van der Waals surface area contributed by atoms with Crippen LogP contribution in [0.4, 0.5) is 0 Å². The Morgan fingerprint density at radius 2 is 2.00 bits per heavy atom. The van der Waals surface area contributed by atoms with Gasteiger partial charge in [0.15, 0.2) is 0 Å². The van der Waals surface area contributed by atoms with Crippen LogP contribution in [-0.4, -0.2) is 15.1 Å². The molecule has 0 aliphatic heterocycles. The highest BCUT2D eigenvalue weighted by Gasteiger charge is 2.25. The average molecular weight is 301 g/mol. The maximum atomic E-state index is 4.62. The molecule has 0 aliphatic carbocycles. The molecular formula is C14H25BrN2. The van der Waals surface area contributed by atoms with Gasteiger partial charge < -0.3 is 0 Å². The average Bonchev–Trinajstić information content (AvgIpc) is 2.66. The normalized spacial score (nSPS) is 14.0. The van der Waals surface area contributed by atoms with Crippen molar-refractivity contribution >= 4 is 15.9 Å². The van der Waals surface area contributed by atoms with E-state index < -0.39 is 0 Å². The molecule has 2 nitrogen and oxygen atoms in total. The Morgan fingerprint density at radius 3 is 2.41 bits per heavy atom. The summed E-state index contributed by atoms with van der Waals surface area (Å²) in [6, 6.07) is 2.27. The van der Waals surface area contributed by atoms with Crippen molar-refractivity contribution in [2.24, 2.45) is 11.3 Å². The number of nitrogens with zero attached hydrogens (tertiary/aromatic N) is 2. The van der Waals surface area contributed by atoms with Crippen molar-refractivity contribution in [3.05, 3.63) is 17.5 Å². The molecule has 98 valence electrons. The first-order valence-electron chi connectivity index (χ1n) is 6.53. The standard InChI is InChI=1S/C14H25BrN2/c1-6-12-9-13(17(7-2)16-12)8-11(10-15)14(3,4)5/h9,11H,6-8,10H2,1-5H3. The second kappa shape index (κ2) is 6.03. The lowest BCUT2D eigenvalue weighted by atomic mass is 9.79. The first kappa shape index (κ1) is 14.7. The molecule has 1 rings (SSSR count). The van der Waals surface area contributed by atoms with Gasteiger partial charge in [-0.3, -0.25) is 4.68 Å². The first-order valence-corrected chi connectivity index (χ1v) is 7.66. The van der Waals surface area contributed by atoms with Crippen LogP contribution in [0.5, 0.6) is 0 Å². The quantitative estimate of drug-likeness (QED) is 0.750. The fraction of sp³-hybridized carbons (Fsp3) is 0.786. The van der Waals surface area contributed by atoms with Gasteiger partial charge in [-0.25, -0.2) is 0 Å². The van der Waals surface area contributed by atoms with Crippen LogP contribution >= 0.6 is 15.9 Å². The zero-order valence-corrected chi connectivity index (χ0v) is 13.3. The highest BCUT2D eigenvalue weighted by atomic mass is 79.9. The maximum Gasteiger partial charge on any atom is 0.0624 e. The van der Waals surface area contributed by atoms with Crippen LogP contribution in [0, 0.1) is 11.3 Å². The van der Waals surface area contributed by atoms with Crippen molar-refractivity contribution in [3.8, 4) is 0 Å². The van der Waals surface area contributed by atoms with E-state index in [4.69, 9.17) is 0 Å². The number of halogens is 1. The highest BCUT2D eigenvalue weighted by Crippen LogP contribution is 2.30. The van der Waals surface area contributed by atoms with Gasteiger partial charge in [0.1, 0.15) is 0 Å². The molecule has 0 amide bonds. The third-order valence-corrected chi connectivity index (χ3v) is 4.22. The second-order valence-corrected chi connectivity index (χ2v) is 6.37. The van der Waals surface area contributed by atoms with Crippen molar-refractivity contribution < 1.29 is 0 Å². The summed E-state index contributed by atoms with van der Waals surface area (Å²) in [6.07, 6.45) is 2.13. The van der Waals surface area contributed by atoms with Crippen LogP contribution in [0.1, 0.15) is 46.0 Å². The molecule has 1 heterocycles. The van der Waals surface area contributed by atoms with Crippen molar-refractivity contribution in [1.82, 2.24) is 9.78 Å². The van der Waals surface area contributed by atoms with E-state index in [9.17, 15) is 0 Å². The van der Waals surface area contributed by atoms with Gasteiger partial charge in [0.05, 0.1) is 5.69 Å². The minimum Gasteiger partial charge on any atom is -0.270 e. The summed E-state index contributed by atoms with van der Waals surface area (Å²) in [5.74, 6) is 0.647. The summed E-state index contributed by atoms with van der Waals surface area (Å²) < 4.78 is 2.15. The van der Waals surface area contributed by atoms with Crippen LogP contribution in [-0.2, 0) is 19.4 Å². The number of aromatic nitrogens is 2. The smallest absolute Gasteiger partial charge is 0.0624 e. The zero-order valence-electron chi connectivity index (χ0n) is 11.8. The third kappa shape index (κ3) is 3.84. The van der Waals surface area contributed by atoms with Gasteiger partial charge in [0, 0.05) is 17.6 Å². The third-order valence-electron chi connectivity index (χ3n) is 3.44. The lowest BCUT2D eigenvalue weighted by Crippen LogP contribution is -2.25. The SMILES string of the molecule is CCc1cc(CC(CBr)C(C)(C)C)n(CC)n1. The number of hydrogen-bond acceptors (Lipinski definition) is 1. The Morgan fingerprint density at radius 1 is 1.35 bits per heavy atom. The molecule has 1 atom stereocenters. The molecule has 0 N–H and O–H groups in total. The minimum atomic E-state index is 0.332. The first-order chi connectivity index (χ1) is 7.92. The molecule has 0 aliphatic rings. The molecule has 0 saturated heterocycles. The van der Waals surface area contributed by atoms with Gasteiger partial charge in [-0.05, 0) is 37.2 Å². The monoisotopic (exact) mass is 300 g/mol. The summed E-state index contributed by atoms with van der Waals surface area (Å²) in [4.78, 5) is 0. The molecule has 0 fully saturated rings. The molecule has 3 heteroatoms. The molecule has 0 spiro atoms. The molecular weight excluding hydrogens is 276 g/mol. The second-order valence-electron chi connectivity index (χ2n) is 5.72. The van der Waals surface area contributed by atoms with E-state index in [0.717, 1.165) is 24.7 Å². The number of rotatable bonds is 5. The number of hydrogen-bond donors (Lipinski definition) is 0. The van der Waals surface area contributed by atoms with E-state index >= 15 is 0 Å². The van der Waals surface area contributed by atoms with Crippen LogP contribution in [0.15, 0.2) is 6.07 Å². The van der Waals surface area contributed by atoms with Gasteiger partial charge in [-0.1, -0.05) is 43.6 Å². The zero-order chi connectivity index (χ0) is 13.1. The van der Waals surface area contributed by atoms with E-state index in [0.29, 0.717) is 11.3 Å². The number of alkyl halides is 1. The van der Waals surface area contributed by atoms with Crippen LogP contribution in [0.2, 0.25) is 0 Å². The van der Waals surface area contributed by atoms with E-state index in [1.807, 2.05) is 0 Å². The van der Waals surface area contributed by atoms with Crippen LogP contribution < -0.4 is 0 Å². The highest BCUT2D eigenvalue weighted by molar-refractivity contribution is 9.09. The lowest BCUT2D eigenvalue weighted by Gasteiger charge is -2.29. The Kier molecular flexibility index (Phi) is 5.23. The van der Waals surface area contributed by atoms with E-state index in [2.05, 4.69) is 66.4 Å². The van der Waals surface area contributed by atoms with Crippen molar-refractivity contribution in [1.29, 1.82) is 0 Å². The van der Waals surface area contributed by atoms with Crippen molar-refractivity contribution in [2.45, 2.75) is 54.0 Å². The van der Waals surface area contributed by atoms with E-state index in [1.54, 1.807) is 0 Å². The van der Waals surface area contributed by atoms with Crippen molar-refractivity contribution in [2.75, 3.05) is 5.33 Å². The molecule has 17 heavy (non-hydrogen) atoms. The molecule has 0 radical (unpaired) electrons. The largest absolute Gasteiger partial charge is 0.270 e. The molecule has 0 aromatic carbocycles. The summed E-state index contributed by atoms with van der Waals surface area (Å²) in [6.45, 7) is 12.2. The molecule has 1 unspecified atom stereocenters. The Balaban J connectivity index is 2.89. The summed E-state index contributed by atoms with van der Waals surface area (Å²) >= 11 is 3.65. The molecule has 1 aromatic heterocycles. The predicted octanol–water partition coefficient (Wildman–Crippen LogP) is 4.07. The predicted molar refractivity (Wildman–Crippen MR) is 77.7 cm³/mol. The topological polar surface area (TPSA) is 17.8 Å². The maximum absolute atomic E-state index is 4.62. The van der Waals surface area contributed by atoms with Gasteiger partial charge in [0.25, 0.3) is 0 Å². The van der Waals surface area contributed by atoms with Gasteiger partial charge in [0.2, 0.25) is 0 Å². The summed E-state index contributed by atoms with van der Waals surface area (Å²) in [7, 11) is 0. The Hall–Kier alpha value is -0.310. The molecule has 0 saturated carbocycles. The molecule has 1 aromatic rings. The molecule has 0 bridgehead atoms. The summed E-state index contributed by atoms with van der Waals surface area (Å²) in [5, 5.41) is 5.67. The minimum absolute atomic E-state index is 0.332. The van der Waals surface area contributed by atoms with Gasteiger partial charge >= 0.3 is 0 Å². The van der Waals surface area contributed by atoms with E-state index in [-0.39, 0.29) is 0 Å². The van der Waals surface area contributed by atoms with Crippen LogP contribution in [0.3, 0.4) is 0 Å². The fourth-order valence-electron chi connectivity index (χ4n) is 1.97.